The minimum atomic E-state index is -1.43. The van der Waals surface area contributed by atoms with E-state index in [1.54, 1.807) is 0 Å². The molecule has 0 bridgehead atoms. The molecular formula is C6H2Cl2KNO2. The molecule has 58 valence electrons. The van der Waals surface area contributed by atoms with Gasteiger partial charge in [-0.3, -0.25) is 0 Å². The van der Waals surface area contributed by atoms with Crippen molar-refractivity contribution in [2.45, 2.75) is 0 Å². The van der Waals surface area contributed by atoms with E-state index >= 15 is 0 Å². The molecule has 0 amide bonds. The summed E-state index contributed by atoms with van der Waals surface area (Å²) in [5, 5.41) is 10.4. The van der Waals surface area contributed by atoms with Gasteiger partial charge >= 0.3 is 51.4 Å². The molecule has 0 spiro atoms. The van der Waals surface area contributed by atoms with E-state index in [1.807, 2.05) is 0 Å². The van der Waals surface area contributed by atoms with Gasteiger partial charge in [-0.15, -0.1) is 0 Å². The van der Waals surface area contributed by atoms with Gasteiger partial charge in [-0.25, -0.2) is 4.98 Å². The Labute approximate surface area is 122 Å². The van der Waals surface area contributed by atoms with Crippen molar-refractivity contribution in [2.24, 2.45) is 0 Å². The zero-order valence-corrected chi connectivity index (χ0v) is 10.8. The van der Waals surface area contributed by atoms with Crippen molar-refractivity contribution in [3.05, 3.63) is 28.0 Å². The number of nitrogens with zero attached hydrogens (tertiary/aromatic N) is 1. The molecule has 0 radical (unpaired) electrons. The molecule has 0 aliphatic rings. The minimum Gasteiger partial charge on any atom is -0.543 e. The van der Waals surface area contributed by atoms with E-state index in [9.17, 15) is 9.90 Å². The summed E-state index contributed by atoms with van der Waals surface area (Å²) in [7, 11) is 0. The molecule has 0 unspecified atom stereocenters. The van der Waals surface area contributed by atoms with Gasteiger partial charge in [0, 0.05) is 0 Å². The molecule has 1 heterocycles. The van der Waals surface area contributed by atoms with Crippen LogP contribution in [-0.2, 0) is 0 Å². The summed E-state index contributed by atoms with van der Waals surface area (Å²) < 4.78 is 0. The van der Waals surface area contributed by atoms with Gasteiger partial charge in [0.05, 0.1) is 11.0 Å². The molecule has 1 aromatic rings. The summed E-state index contributed by atoms with van der Waals surface area (Å²) >= 11 is 10.8. The van der Waals surface area contributed by atoms with E-state index in [1.165, 1.54) is 12.1 Å². The largest absolute Gasteiger partial charge is 1.00 e. The summed E-state index contributed by atoms with van der Waals surface area (Å²) in [6, 6.07) is 2.75. The first kappa shape index (κ1) is 12.8. The second kappa shape index (κ2) is 5.54. The Bertz CT molecular complexity index is 306. The van der Waals surface area contributed by atoms with E-state index in [0.717, 1.165) is 0 Å². The first-order chi connectivity index (χ1) is 5.11. The zero-order chi connectivity index (χ0) is 8.43. The minimum absolute atomic E-state index is 0. The van der Waals surface area contributed by atoms with Crippen LogP contribution in [0.15, 0.2) is 12.1 Å². The summed E-state index contributed by atoms with van der Waals surface area (Å²) in [5.41, 5.74) is -0.334. The van der Waals surface area contributed by atoms with Gasteiger partial charge in [-0.05, 0) is 12.1 Å². The molecule has 0 saturated carbocycles. The number of pyridine rings is 1. The Kier molecular flexibility index (Phi) is 5.93. The van der Waals surface area contributed by atoms with Crippen molar-refractivity contribution >= 4 is 29.2 Å². The van der Waals surface area contributed by atoms with Crippen LogP contribution in [0.2, 0.25) is 10.2 Å². The third kappa shape index (κ3) is 3.30. The van der Waals surface area contributed by atoms with Crippen LogP contribution < -0.4 is 56.5 Å². The van der Waals surface area contributed by atoms with Gasteiger partial charge in [0.1, 0.15) is 10.8 Å². The topological polar surface area (TPSA) is 53.0 Å². The third-order valence-electron chi connectivity index (χ3n) is 1.01. The Morgan fingerprint density at radius 1 is 1.42 bits per heavy atom. The first-order valence-electron chi connectivity index (χ1n) is 2.64. The van der Waals surface area contributed by atoms with E-state index in [0.29, 0.717) is 0 Å². The van der Waals surface area contributed by atoms with Crippen molar-refractivity contribution in [1.29, 1.82) is 0 Å². The number of aromatic nitrogens is 1. The number of halogens is 2. The number of carboxylic acid groups (broad SMARTS) is 1. The maximum Gasteiger partial charge on any atom is 1.00 e. The molecule has 0 aliphatic heterocycles. The molecule has 3 nitrogen and oxygen atoms in total. The Morgan fingerprint density at radius 3 is 2.42 bits per heavy atom. The molecule has 0 aliphatic carbocycles. The Hall–Kier alpha value is 0.836. The fourth-order valence-electron chi connectivity index (χ4n) is 0.561. The molecule has 1 rings (SSSR count). The summed E-state index contributed by atoms with van der Waals surface area (Å²) in [5.74, 6) is -1.43. The van der Waals surface area contributed by atoms with Gasteiger partial charge in [0.25, 0.3) is 0 Å². The van der Waals surface area contributed by atoms with Crippen LogP contribution in [0.1, 0.15) is 10.5 Å². The van der Waals surface area contributed by atoms with Crippen molar-refractivity contribution < 1.29 is 61.3 Å². The van der Waals surface area contributed by atoms with Gasteiger partial charge in [-0.1, -0.05) is 23.2 Å². The number of hydrogen-bond donors (Lipinski definition) is 0. The van der Waals surface area contributed by atoms with Crippen molar-refractivity contribution in [2.75, 3.05) is 0 Å². The first-order valence-corrected chi connectivity index (χ1v) is 3.40. The predicted molar refractivity (Wildman–Crippen MR) is 38.6 cm³/mol. The van der Waals surface area contributed by atoms with Crippen molar-refractivity contribution in [3.8, 4) is 0 Å². The van der Waals surface area contributed by atoms with Crippen LogP contribution in [0.3, 0.4) is 0 Å². The summed E-state index contributed by atoms with van der Waals surface area (Å²) in [6.45, 7) is 0. The Morgan fingerprint density at radius 2 is 2.00 bits per heavy atom. The Balaban J connectivity index is 0.00000121. The predicted octanol–water partition coefficient (Wildman–Crippen LogP) is -2.24. The number of rotatable bonds is 1. The van der Waals surface area contributed by atoms with Crippen LogP contribution in [0.25, 0.3) is 0 Å². The number of carboxylic acids is 1. The molecule has 0 fully saturated rings. The van der Waals surface area contributed by atoms with Gasteiger partial charge in [-0.2, -0.15) is 0 Å². The van der Waals surface area contributed by atoms with E-state index in [2.05, 4.69) is 4.98 Å². The summed E-state index contributed by atoms with van der Waals surface area (Å²) in [6.07, 6.45) is 0. The number of carbonyl (C=O) groups excluding carboxylic acids is 1. The second-order valence-corrected chi connectivity index (χ2v) is 2.55. The number of hydrogen-bond acceptors (Lipinski definition) is 3. The third-order valence-corrected chi connectivity index (χ3v) is 1.52. The monoisotopic (exact) mass is 229 g/mol. The molecular weight excluding hydrogens is 228 g/mol. The standard InChI is InChI=1S/C6H3Cl2NO2.K/c7-3-1-2-4(8)9-5(3)6(10)11;/h1-2H,(H,10,11);/q;+1/p-1. The normalized spacial score (nSPS) is 8.83. The van der Waals surface area contributed by atoms with Crippen molar-refractivity contribution in [1.82, 2.24) is 4.98 Å². The maximum atomic E-state index is 10.3. The smallest absolute Gasteiger partial charge is 0.543 e. The van der Waals surface area contributed by atoms with Crippen LogP contribution >= 0.6 is 23.2 Å². The van der Waals surface area contributed by atoms with Crippen molar-refractivity contribution in [3.63, 3.8) is 0 Å². The molecule has 0 aromatic carbocycles. The van der Waals surface area contributed by atoms with E-state index in [-0.39, 0.29) is 67.3 Å². The maximum absolute atomic E-state index is 10.3. The average molecular weight is 230 g/mol. The molecule has 1 aromatic heterocycles. The van der Waals surface area contributed by atoms with Gasteiger partial charge in [0.15, 0.2) is 0 Å². The fourth-order valence-corrected chi connectivity index (χ4v) is 0.891. The van der Waals surface area contributed by atoms with Crippen LogP contribution in [-0.4, -0.2) is 11.0 Å². The SMILES string of the molecule is O=C([O-])c1nc(Cl)ccc1Cl.[K+]. The molecule has 0 saturated heterocycles. The number of carbonyl (C=O) groups is 1. The summed E-state index contributed by atoms with van der Waals surface area (Å²) in [4.78, 5) is 13.7. The molecule has 6 heteroatoms. The number of aromatic carboxylic acids is 1. The quantitative estimate of drug-likeness (QED) is 0.405. The van der Waals surface area contributed by atoms with Crippen LogP contribution in [0.5, 0.6) is 0 Å². The average Bonchev–Trinajstić information content (AvgIpc) is 1.94. The van der Waals surface area contributed by atoms with Gasteiger partial charge in [0.2, 0.25) is 0 Å². The van der Waals surface area contributed by atoms with E-state index < -0.39 is 5.97 Å². The van der Waals surface area contributed by atoms with E-state index in [4.69, 9.17) is 23.2 Å². The molecule has 0 atom stereocenters. The fraction of sp³-hybridized carbons (Fsp3) is 0. The molecule has 12 heavy (non-hydrogen) atoms. The van der Waals surface area contributed by atoms with Crippen LogP contribution in [0, 0.1) is 0 Å². The van der Waals surface area contributed by atoms with Gasteiger partial charge < -0.3 is 9.90 Å². The molecule has 0 N–H and O–H groups in total. The van der Waals surface area contributed by atoms with Crippen LogP contribution in [0.4, 0.5) is 0 Å². The second-order valence-electron chi connectivity index (χ2n) is 1.75. The zero-order valence-electron chi connectivity index (χ0n) is 6.17.